The van der Waals surface area contributed by atoms with E-state index in [0.717, 1.165) is 51.4 Å². The Hall–Kier alpha value is -4.14. The Balaban J connectivity index is 1.39. The van der Waals surface area contributed by atoms with Gasteiger partial charge in [0, 0.05) is 41.8 Å². The smallest absolute Gasteiger partial charge is 0.339 e. The SMILES string of the molecule is CCCCC(CC)COC(=O)c1ccccc1Sc1cccc2c1C(=O)c1cccc(Sc3ccccc3C(=O)OCC(CC)CCCC)c1C2=O. The van der Waals surface area contributed by atoms with E-state index in [1.54, 1.807) is 48.5 Å². The minimum atomic E-state index is -0.400. The van der Waals surface area contributed by atoms with Crippen LogP contribution < -0.4 is 0 Å². The van der Waals surface area contributed by atoms with Gasteiger partial charge in [0.25, 0.3) is 0 Å². The summed E-state index contributed by atoms with van der Waals surface area (Å²) in [7, 11) is 0. The van der Waals surface area contributed by atoms with Gasteiger partial charge in [-0.1, -0.05) is 138 Å². The van der Waals surface area contributed by atoms with Gasteiger partial charge in [-0.05, 0) is 61.1 Å². The van der Waals surface area contributed by atoms with Crippen LogP contribution in [0.4, 0.5) is 0 Å². The molecule has 0 aromatic heterocycles. The Morgan fingerprint density at radius 3 is 1.31 bits per heavy atom. The van der Waals surface area contributed by atoms with Crippen molar-refractivity contribution in [3.8, 4) is 0 Å². The molecule has 8 heteroatoms. The van der Waals surface area contributed by atoms with Crippen LogP contribution in [0.3, 0.4) is 0 Å². The normalized spacial score (nSPS) is 13.2. The van der Waals surface area contributed by atoms with Gasteiger partial charge in [0.15, 0.2) is 11.6 Å². The third-order valence-electron chi connectivity index (χ3n) is 9.64. The van der Waals surface area contributed by atoms with Crippen molar-refractivity contribution >= 4 is 47.0 Å². The van der Waals surface area contributed by atoms with Crippen LogP contribution in [0, 0.1) is 11.8 Å². The molecule has 4 aromatic rings. The Morgan fingerprint density at radius 2 is 0.923 bits per heavy atom. The summed E-state index contributed by atoms with van der Waals surface area (Å²) >= 11 is 2.57. The topological polar surface area (TPSA) is 86.7 Å². The minimum absolute atomic E-state index is 0.262. The first-order valence-corrected chi connectivity index (χ1v) is 20.2. The number of rotatable bonds is 18. The molecule has 0 saturated heterocycles. The monoisotopic (exact) mass is 736 g/mol. The zero-order valence-electron chi connectivity index (χ0n) is 30.6. The highest BCUT2D eigenvalue weighted by Gasteiger charge is 2.34. The van der Waals surface area contributed by atoms with Crippen molar-refractivity contribution in [2.45, 2.75) is 98.6 Å². The summed E-state index contributed by atoms with van der Waals surface area (Å²) in [5.74, 6) is -0.698. The maximum Gasteiger partial charge on any atom is 0.339 e. The van der Waals surface area contributed by atoms with Gasteiger partial charge in [-0.3, -0.25) is 9.59 Å². The molecule has 0 heterocycles. The fourth-order valence-electron chi connectivity index (χ4n) is 6.37. The molecule has 1 aliphatic carbocycles. The fraction of sp³-hybridized carbons (Fsp3) is 0.364. The van der Waals surface area contributed by atoms with Gasteiger partial charge in [-0.2, -0.15) is 0 Å². The van der Waals surface area contributed by atoms with Crippen molar-refractivity contribution < 1.29 is 28.7 Å². The second kappa shape index (κ2) is 19.1. The highest BCUT2D eigenvalue weighted by Crippen LogP contribution is 2.42. The number of ketones is 2. The van der Waals surface area contributed by atoms with Crippen molar-refractivity contribution in [1.29, 1.82) is 0 Å². The summed E-state index contributed by atoms with van der Waals surface area (Å²) < 4.78 is 11.6. The number of carbonyl (C=O) groups is 4. The predicted octanol–water partition coefficient (Wildman–Crippen LogP) is 11.5. The van der Waals surface area contributed by atoms with Gasteiger partial charge < -0.3 is 9.47 Å². The van der Waals surface area contributed by atoms with Crippen LogP contribution in [-0.2, 0) is 9.47 Å². The molecular weight excluding hydrogens is 689 g/mol. The Morgan fingerprint density at radius 1 is 0.538 bits per heavy atom. The number of esters is 2. The zero-order chi connectivity index (χ0) is 37.0. The van der Waals surface area contributed by atoms with E-state index in [0.29, 0.717) is 78.0 Å². The maximum atomic E-state index is 14.3. The molecule has 0 spiro atoms. The van der Waals surface area contributed by atoms with Crippen LogP contribution in [0.15, 0.2) is 105 Å². The van der Waals surface area contributed by atoms with Gasteiger partial charge in [0.1, 0.15) is 0 Å². The Bertz CT molecular complexity index is 1760. The van der Waals surface area contributed by atoms with Crippen LogP contribution in [0.5, 0.6) is 0 Å². The molecule has 0 bridgehead atoms. The molecule has 0 radical (unpaired) electrons. The molecule has 0 N–H and O–H groups in total. The highest BCUT2D eigenvalue weighted by atomic mass is 32.2. The molecule has 2 unspecified atom stereocenters. The first-order valence-electron chi connectivity index (χ1n) is 18.5. The number of unbranched alkanes of at least 4 members (excludes halogenated alkanes) is 2. The molecule has 0 fully saturated rings. The van der Waals surface area contributed by atoms with Crippen LogP contribution in [0.2, 0.25) is 0 Å². The summed E-state index contributed by atoms with van der Waals surface area (Å²) in [6.45, 7) is 9.26. The summed E-state index contributed by atoms with van der Waals surface area (Å²) in [6.07, 6.45) is 8.30. The van der Waals surface area contributed by atoms with Gasteiger partial charge in [-0.25, -0.2) is 9.59 Å². The maximum absolute atomic E-state index is 14.3. The van der Waals surface area contributed by atoms with E-state index in [-0.39, 0.29) is 11.6 Å². The largest absolute Gasteiger partial charge is 0.462 e. The average molecular weight is 737 g/mol. The molecule has 0 aliphatic heterocycles. The number of carbonyl (C=O) groups excluding carboxylic acids is 4. The second-order valence-electron chi connectivity index (χ2n) is 13.2. The van der Waals surface area contributed by atoms with E-state index in [4.69, 9.17) is 9.47 Å². The van der Waals surface area contributed by atoms with Crippen LogP contribution >= 0.6 is 23.5 Å². The standard InChI is InChI=1S/C44H48O6S2/c1-5-9-17-29(7-3)27-49-43(47)31-19-11-13-23-35(31)51-37-25-15-21-33-39(37)41(45)34-22-16-26-38(40(34)42(33)46)52-36-24-14-12-20-32(36)44(48)50-28-30(8-4)18-10-6-2/h11-16,19-26,29-30H,5-10,17-18,27-28H2,1-4H3. The number of fused-ring (bicyclic) bond motifs is 2. The Labute approximate surface area is 316 Å². The highest BCUT2D eigenvalue weighted by molar-refractivity contribution is 7.99. The summed E-state index contributed by atoms with van der Waals surface area (Å²) in [4.78, 5) is 57.6. The lowest BCUT2D eigenvalue weighted by Gasteiger charge is -2.22. The summed E-state index contributed by atoms with van der Waals surface area (Å²) in [6, 6.07) is 25.0. The summed E-state index contributed by atoms with van der Waals surface area (Å²) in [5.41, 5.74) is 2.10. The molecule has 272 valence electrons. The molecule has 2 atom stereocenters. The predicted molar refractivity (Wildman–Crippen MR) is 208 cm³/mol. The first-order chi connectivity index (χ1) is 25.3. The van der Waals surface area contributed by atoms with Crippen LogP contribution in [-0.4, -0.2) is 36.7 Å². The van der Waals surface area contributed by atoms with Crippen molar-refractivity contribution in [2.24, 2.45) is 11.8 Å². The van der Waals surface area contributed by atoms with E-state index < -0.39 is 11.9 Å². The third-order valence-corrected chi connectivity index (χ3v) is 11.9. The van der Waals surface area contributed by atoms with E-state index >= 15 is 0 Å². The fourth-order valence-corrected chi connectivity index (χ4v) is 8.57. The Kier molecular flexibility index (Phi) is 14.3. The van der Waals surface area contributed by atoms with Crippen LogP contribution in [0.1, 0.15) is 132 Å². The lowest BCUT2D eigenvalue weighted by atomic mass is 9.84. The van der Waals surface area contributed by atoms with Gasteiger partial charge >= 0.3 is 11.9 Å². The van der Waals surface area contributed by atoms with Crippen molar-refractivity contribution in [3.05, 3.63) is 118 Å². The number of hydrogen-bond donors (Lipinski definition) is 0. The van der Waals surface area contributed by atoms with Crippen LogP contribution in [0.25, 0.3) is 0 Å². The molecule has 0 saturated carbocycles. The molecule has 52 heavy (non-hydrogen) atoms. The van der Waals surface area contributed by atoms with Gasteiger partial charge in [0.2, 0.25) is 0 Å². The zero-order valence-corrected chi connectivity index (χ0v) is 32.2. The molecule has 1 aliphatic rings. The first kappa shape index (κ1) is 39.1. The van der Waals surface area contributed by atoms with E-state index in [2.05, 4.69) is 27.7 Å². The average Bonchev–Trinajstić information content (AvgIpc) is 3.17. The summed E-state index contributed by atoms with van der Waals surface area (Å²) in [5, 5.41) is 0. The minimum Gasteiger partial charge on any atom is -0.462 e. The number of hydrogen-bond acceptors (Lipinski definition) is 8. The van der Waals surface area contributed by atoms with E-state index in [1.807, 2.05) is 36.4 Å². The third kappa shape index (κ3) is 9.25. The number of benzene rings is 4. The molecule has 5 rings (SSSR count). The lowest BCUT2D eigenvalue weighted by Crippen LogP contribution is -2.22. The molecular formula is C44H48O6S2. The van der Waals surface area contributed by atoms with Gasteiger partial charge in [-0.15, -0.1) is 0 Å². The van der Waals surface area contributed by atoms with Crippen molar-refractivity contribution in [3.63, 3.8) is 0 Å². The molecule has 6 nitrogen and oxygen atoms in total. The van der Waals surface area contributed by atoms with E-state index in [9.17, 15) is 19.2 Å². The molecule has 4 aromatic carbocycles. The van der Waals surface area contributed by atoms with Crippen molar-refractivity contribution in [1.82, 2.24) is 0 Å². The van der Waals surface area contributed by atoms with Crippen molar-refractivity contribution in [2.75, 3.05) is 13.2 Å². The second-order valence-corrected chi connectivity index (χ2v) is 15.4. The van der Waals surface area contributed by atoms with E-state index in [1.165, 1.54) is 23.5 Å². The number of ether oxygens (including phenoxy) is 2. The van der Waals surface area contributed by atoms with Gasteiger partial charge in [0.05, 0.1) is 24.3 Å². The quantitative estimate of drug-likeness (QED) is 0.0822. The lowest BCUT2D eigenvalue weighted by molar-refractivity contribution is 0.0415. The molecule has 0 amide bonds.